The monoisotopic (exact) mass is 353 g/mol. The molecule has 2 aliphatic heterocycles. The van der Waals surface area contributed by atoms with Crippen LogP contribution in [0.15, 0.2) is 18.5 Å². The molecule has 0 saturated carbocycles. The van der Waals surface area contributed by atoms with Gasteiger partial charge in [0.1, 0.15) is 0 Å². The van der Waals surface area contributed by atoms with E-state index in [1.165, 1.54) is 16.8 Å². The van der Waals surface area contributed by atoms with Crippen LogP contribution in [0.25, 0.3) is 0 Å². The zero-order chi connectivity index (χ0) is 17.5. The van der Waals surface area contributed by atoms with E-state index in [0.29, 0.717) is 31.5 Å². The van der Waals surface area contributed by atoms with Gasteiger partial charge in [-0.15, -0.1) is 0 Å². The second-order valence-corrected chi connectivity index (χ2v) is 8.72. The SMILES string of the molecule is Cc1cncc(C(=O)N2CC[C@@]3(CCCN3S(C)(=O)=O)[C@@H](O)C2)c1. The summed E-state index contributed by atoms with van der Waals surface area (Å²) in [5.41, 5.74) is 0.619. The van der Waals surface area contributed by atoms with E-state index in [1.807, 2.05) is 6.92 Å². The van der Waals surface area contributed by atoms with Crippen molar-refractivity contribution in [3.8, 4) is 0 Å². The number of pyridine rings is 1. The molecule has 1 amide bonds. The van der Waals surface area contributed by atoms with Crippen molar-refractivity contribution < 1.29 is 18.3 Å². The minimum atomic E-state index is -3.38. The Bertz CT molecular complexity index is 751. The molecule has 0 bridgehead atoms. The van der Waals surface area contributed by atoms with Gasteiger partial charge in [-0.2, -0.15) is 4.31 Å². The van der Waals surface area contributed by atoms with Crippen LogP contribution in [0.5, 0.6) is 0 Å². The highest BCUT2D eigenvalue weighted by Gasteiger charge is 2.53. The predicted octanol–water partition coefficient (Wildman–Crippen LogP) is 0.391. The highest BCUT2D eigenvalue weighted by Crippen LogP contribution is 2.40. The summed E-state index contributed by atoms with van der Waals surface area (Å²) >= 11 is 0. The van der Waals surface area contributed by atoms with Crippen LogP contribution in [0.2, 0.25) is 0 Å². The second kappa shape index (κ2) is 6.09. The molecule has 1 aromatic rings. The molecule has 2 atom stereocenters. The number of aryl methyl sites for hydroxylation is 1. The first-order chi connectivity index (χ1) is 11.2. The number of hydrogen-bond acceptors (Lipinski definition) is 5. The Morgan fingerprint density at radius 1 is 1.33 bits per heavy atom. The van der Waals surface area contributed by atoms with Crippen molar-refractivity contribution >= 4 is 15.9 Å². The third-order valence-corrected chi connectivity index (χ3v) is 6.45. The lowest BCUT2D eigenvalue weighted by molar-refractivity contribution is -0.0292. The topological polar surface area (TPSA) is 90.8 Å². The number of aromatic nitrogens is 1. The Morgan fingerprint density at radius 2 is 2.08 bits per heavy atom. The molecular formula is C16H23N3O4S. The first kappa shape index (κ1) is 17.3. The van der Waals surface area contributed by atoms with E-state index < -0.39 is 21.7 Å². The Hall–Kier alpha value is -1.51. The normalized spacial score (nSPS) is 28.5. The van der Waals surface area contributed by atoms with Crippen LogP contribution in [0.4, 0.5) is 0 Å². The summed E-state index contributed by atoms with van der Waals surface area (Å²) in [4.78, 5) is 18.2. The minimum Gasteiger partial charge on any atom is -0.389 e. The zero-order valence-corrected chi connectivity index (χ0v) is 14.8. The van der Waals surface area contributed by atoms with E-state index in [0.717, 1.165) is 12.0 Å². The van der Waals surface area contributed by atoms with E-state index in [9.17, 15) is 18.3 Å². The molecule has 3 heterocycles. The average molecular weight is 353 g/mol. The highest BCUT2D eigenvalue weighted by molar-refractivity contribution is 7.88. The van der Waals surface area contributed by atoms with Gasteiger partial charge in [-0.25, -0.2) is 8.42 Å². The summed E-state index contributed by atoms with van der Waals surface area (Å²) in [6.45, 7) is 2.87. The van der Waals surface area contributed by atoms with Crippen molar-refractivity contribution in [2.24, 2.45) is 0 Å². The molecule has 7 nitrogen and oxygen atoms in total. The predicted molar refractivity (Wildman–Crippen MR) is 89.0 cm³/mol. The number of likely N-dealkylation sites (tertiary alicyclic amines) is 1. The van der Waals surface area contributed by atoms with Crippen molar-refractivity contribution in [2.75, 3.05) is 25.9 Å². The van der Waals surface area contributed by atoms with Crippen LogP contribution >= 0.6 is 0 Å². The number of amides is 1. The Morgan fingerprint density at radius 3 is 2.71 bits per heavy atom. The first-order valence-corrected chi connectivity index (χ1v) is 9.96. The van der Waals surface area contributed by atoms with Gasteiger partial charge in [0, 0.05) is 32.0 Å². The van der Waals surface area contributed by atoms with E-state index in [4.69, 9.17) is 0 Å². The van der Waals surface area contributed by atoms with Gasteiger partial charge in [0.2, 0.25) is 10.0 Å². The number of hydrogen-bond donors (Lipinski definition) is 1. The Balaban J connectivity index is 1.79. The van der Waals surface area contributed by atoms with Gasteiger partial charge in [0.25, 0.3) is 5.91 Å². The van der Waals surface area contributed by atoms with Crippen LogP contribution in [0.1, 0.15) is 35.2 Å². The average Bonchev–Trinajstić information content (AvgIpc) is 2.94. The number of rotatable bonds is 2. The van der Waals surface area contributed by atoms with Crippen molar-refractivity contribution in [2.45, 2.75) is 37.8 Å². The lowest BCUT2D eigenvalue weighted by Gasteiger charge is -2.47. The number of nitrogens with zero attached hydrogens (tertiary/aromatic N) is 3. The van der Waals surface area contributed by atoms with Crippen LogP contribution in [0, 0.1) is 6.92 Å². The third-order valence-electron chi connectivity index (χ3n) is 5.11. The van der Waals surface area contributed by atoms with Crippen LogP contribution in [0.3, 0.4) is 0 Å². The summed E-state index contributed by atoms with van der Waals surface area (Å²) in [5, 5.41) is 10.7. The molecule has 1 aromatic heterocycles. The second-order valence-electron chi connectivity index (χ2n) is 6.81. The number of sulfonamides is 1. The molecule has 1 spiro atoms. The van der Waals surface area contributed by atoms with Gasteiger partial charge < -0.3 is 10.0 Å². The summed E-state index contributed by atoms with van der Waals surface area (Å²) in [5.74, 6) is -0.177. The van der Waals surface area contributed by atoms with Crippen molar-refractivity contribution in [3.05, 3.63) is 29.6 Å². The standard InChI is InChI=1S/C16H23N3O4S/c1-12-8-13(10-17-9-12)15(21)18-7-5-16(14(20)11-18)4-3-6-19(16)24(2,22)23/h8-10,14,20H,3-7,11H2,1-2H3/t14-,16-/m0/s1. The summed E-state index contributed by atoms with van der Waals surface area (Å²) < 4.78 is 25.5. The summed E-state index contributed by atoms with van der Waals surface area (Å²) in [6, 6.07) is 1.77. The van der Waals surface area contributed by atoms with Crippen molar-refractivity contribution in [1.82, 2.24) is 14.2 Å². The first-order valence-electron chi connectivity index (χ1n) is 8.11. The van der Waals surface area contributed by atoms with Crippen molar-refractivity contribution in [3.63, 3.8) is 0 Å². The number of aliphatic hydroxyl groups is 1. The van der Waals surface area contributed by atoms with Crippen molar-refractivity contribution in [1.29, 1.82) is 0 Å². The summed E-state index contributed by atoms with van der Waals surface area (Å²) in [6.07, 6.45) is 5.32. The van der Waals surface area contributed by atoms with E-state index in [1.54, 1.807) is 17.2 Å². The van der Waals surface area contributed by atoms with Gasteiger partial charge >= 0.3 is 0 Å². The molecule has 0 aromatic carbocycles. The van der Waals surface area contributed by atoms with Gasteiger partial charge in [0.05, 0.1) is 23.5 Å². The number of β-amino-alcohol motifs (C(OH)–C–C–N with tert-alkyl or cyclic N) is 1. The fourth-order valence-corrected chi connectivity index (χ4v) is 5.38. The molecule has 2 aliphatic rings. The molecule has 0 unspecified atom stereocenters. The van der Waals surface area contributed by atoms with Gasteiger partial charge in [-0.05, 0) is 37.8 Å². The summed E-state index contributed by atoms with van der Waals surface area (Å²) in [7, 11) is -3.38. The fraction of sp³-hybridized carbons (Fsp3) is 0.625. The molecule has 3 rings (SSSR count). The largest absolute Gasteiger partial charge is 0.389 e. The molecule has 24 heavy (non-hydrogen) atoms. The quantitative estimate of drug-likeness (QED) is 0.831. The number of piperidine rings is 1. The van der Waals surface area contributed by atoms with Crippen LogP contribution < -0.4 is 0 Å². The minimum absolute atomic E-state index is 0.138. The smallest absolute Gasteiger partial charge is 0.255 e. The number of carbonyl (C=O) groups excluding carboxylic acids is 1. The van der Waals surface area contributed by atoms with Gasteiger partial charge in [-0.1, -0.05) is 0 Å². The molecule has 2 saturated heterocycles. The van der Waals surface area contributed by atoms with E-state index >= 15 is 0 Å². The highest BCUT2D eigenvalue weighted by atomic mass is 32.2. The lowest BCUT2D eigenvalue weighted by Crippen LogP contribution is -2.63. The Kier molecular flexibility index (Phi) is 4.39. The van der Waals surface area contributed by atoms with E-state index in [-0.39, 0.29) is 12.5 Å². The maximum Gasteiger partial charge on any atom is 0.255 e. The number of carbonyl (C=O) groups is 1. The molecule has 1 N–H and O–H groups in total. The number of aliphatic hydroxyl groups excluding tert-OH is 1. The molecule has 132 valence electrons. The lowest BCUT2D eigenvalue weighted by atomic mass is 9.83. The van der Waals surface area contributed by atoms with Gasteiger partial charge in [-0.3, -0.25) is 9.78 Å². The van der Waals surface area contributed by atoms with Gasteiger partial charge in [0.15, 0.2) is 0 Å². The fourth-order valence-electron chi connectivity index (χ4n) is 3.96. The maximum atomic E-state index is 12.6. The van der Waals surface area contributed by atoms with Crippen LogP contribution in [-0.2, 0) is 10.0 Å². The Labute approximate surface area is 142 Å². The third kappa shape index (κ3) is 2.94. The molecule has 2 fully saturated rings. The van der Waals surface area contributed by atoms with Crippen LogP contribution in [-0.4, -0.2) is 71.2 Å². The van der Waals surface area contributed by atoms with E-state index in [2.05, 4.69) is 4.98 Å². The molecule has 0 aliphatic carbocycles. The molecule has 0 radical (unpaired) electrons. The zero-order valence-electron chi connectivity index (χ0n) is 14.0. The maximum absolute atomic E-state index is 12.6. The molecule has 8 heteroatoms. The molecular weight excluding hydrogens is 330 g/mol.